The van der Waals surface area contributed by atoms with Crippen molar-refractivity contribution < 1.29 is 22.7 Å². The van der Waals surface area contributed by atoms with Gasteiger partial charge in [-0.1, -0.05) is 6.07 Å². The summed E-state index contributed by atoms with van der Waals surface area (Å²) in [5.74, 6) is 0.776. The Morgan fingerprint density at radius 1 is 1.33 bits per heavy atom. The fourth-order valence-electron chi connectivity index (χ4n) is 3.93. The minimum Gasteiger partial charge on any atom is -0.406 e. The van der Waals surface area contributed by atoms with Crippen molar-refractivity contribution in [3.05, 3.63) is 48.0 Å². The maximum absolute atomic E-state index is 12.3. The van der Waals surface area contributed by atoms with Crippen LogP contribution in [0.5, 0.6) is 5.75 Å². The van der Waals surface area contributed by atoms with Gasteiger partial charge in [-0.2, -0.15) is 0 Å². The molecule has 2 unspecified atom stereocenters. The number of amides is 1. The van der Waals surface area contributed by atoms with Crippen LogP contribution in [0.1, 0.15) is 16.1 Å². The molecule has 0 spiro atoms. The van der Waals surface area contributed by atoms with Crippen LogP contribution < -0.4 is 10.1 Å². The quantitative estimate of drug-likeness (QED) is 0.808. The Bertz CT molecular complexity index is 797. The minimum atomic E-state index is -4.78. The number of nitrogens with one attached hydrogen (secondary N) is 2. The topological polar surface area (TPSA) is 70.2 Å². The first-order chi connectivity index (χ1) is 12.9. The average molecular weight is 380 g/mol. The molecule has 2 N–H and O–H groups in total. The van der Waals surface area contributed by atoms with E-state index in [4.69, 9.17) is 0 Å². The van der Waals surface area contributed by atoms with Crippen LogP contribution >= 0.6 is 0 Å². The Kier molecular flexibility index (Phi) is 4.55. The van der Waals surface area contributed by atoms with E-state index in [1.165, 1.54) is 18.2 Å². The third kappa shape index (κ3) is 4.24. The highest BCUT2D eigenvalue weighted by molar-refractivity contribution is 5.94. The Morgan fingerprint density at radius 3 is 2.78 bits per heavy atom. The van der Waals surface area contributed by atoms with Gasteiger partial charge in [0.05, 0.1) is 6.33 Å². The van der Waals surface area contributed by atoms with Crippen LogP contribution in [0.2, 0.25) is 0 Å². The smallest absolute Gasteiger partial charge is 0.406 e. The molecule has 1 amide bonds. The van der Waals surface area contributed by atoms with Gasteiger partial charge in [0.2, 0.25) is 0 Å². The summed E-state index contributed by atoms with van der Waals surface area (Å²) in [6, 6.07) is 5.11. The molecule has 2 heterocycles. The molecular weight excluding hydrogens is 361 g/mol. The number of fused-ring (bicyclic) bond motifs is 1. The van der Waals surface area contributed by atoms with Crippen LogP contribution in [0, 0.1) is 17.8 Å². The molecule has 27 heavy (non-hydrogen) atoms. The van der Waals surface area contributed by atoms with E-state index in [0.29, 0.717) is 24.3 Å². The molecule has 0 bridgehead atoms. The van der Waals surface area contributed by atoms with E-state index in [-0.39, 0.29) is 11.5 Å². The van der Waals surface area contributed by atoms with Gasteiger partial charge in [-0.3, -0.25) is 9.69 Å². The number of H-pyrrole nitrogens is 1. The summed E-state index contributed by atoms with van der Waals surface area (Å²) in [7, 11) is 0. The van der Waals surface area contributed by atoms with E-state index in [9.17, 15) is 18.0 Å². The molecule has 4 rings (SSSR count). The lowest BCUT2D eigenvalue weighted by Crippen LogP contribution is -2.30. The number of alkyl halides is 3. The number of imidazole rings is 1. The van der Waals surface area contributed by atoms with Crippen molar-refractivity contribution in [3.63, 3.8) is 0 Å². The SMILES string of the molecule is O=C(NCC1C2CN(Cc3cnc[nH]3)CC12)c1cccc(OC(F)(F)F)c1. The van der Waals surface area contributed by atoms with Crippen LogP contribution in [0.4, 0.5) is 13.2 Å². The standard InChI is InChI=1S/C18H19F3N4O2/c19-18(20,21)27-13-3-1-2-11(4-13)17(26)23-6-14-15-8-25(9-16(14)15)7-12-5-22-10-24-12/h1-5,10,14-16H,6-9H2,(H,22,24)(H,23,26). The Labute approximate surface area is 153 Å². The zero-order valence-electron chi connectivity index (χ0n) is 14.4. The number of carbonyl (C=O) groups excluding carboxylic acids is 1. The van der Waals surface area contributed by atoms with E-state index in [2.05, 4.69) is 24.9 Å². The van der Waals surface area contributed by atoms with Gasteiger partial charge in [-0.15, -0.1) is 13.2 Å². The molecule has 1 saturated heterocycles. The molecule has 6 nitrogen and oxygen atoms in total. The van der Waals surface area contributed by atoms with Gasteiger partial charge in [-0.25, -0.2) is 4.98 Å². The Balaban J connectivity index is 1.24. The van der Waals surface area contributed by atoms with Gasteiger partial charge in [0, 0.05) is 43.6 Å². The number of halogens is 3. The van der Waals surface area contributed by atoms with Gasteiger partial charge in [0.1, 0.15) is 5.75 Å². The maximum Gasteiger partial charge on any atom is 0.573 e. The number of hydrogen-bond acceptors (Lipinski definition) is 4. The van der Waals surface area contributed by atoms with Crippen molar-refractivity contribution in [3.8, 4) is 5.75 Å². The van der Waals surface area contributed by atoms with Crippen molar-refractivity contribution in [2.24, 2.45) is 17.8 Å². The number of carbonyl (C=O) groups is 1. The van der Waals surface area contributed by atoms with Crippen LogP contribution in [-0.2, 0) is 6.54 Å². The Morgan fingerprint density at radius 2 is 2.11 bits per heavy atom. The lowest BCUT2D eigenvalue weighted by atomic mass is 10.2. The number of aromatic amines is 1. The third-order valence-corrected chi connectivity index (χ3v) is 5.22. The van der Waals surface area contributed by atoms with E-state index in [1.807, 2.05) is 6.20 Å². The maximum atomic E-state index is 12.3. The highest BCUT2D eigenvalue weighted by atomic mass is 19.4. The highest BCUT2D eigenvalue weighted by Crippen LogP contribution is 2.51. The zero-order valence-corrected chi connectivity index (χ0v) is 14.4. The molecule has 2 aliphatic rings. The highest BCUT2D eigenvalue weighted by Gasteiger charge is 2.55. The summed E-state index contributed by atoms with van der Waals surface area (Å²) in [5, 5.41) is 2.83. The number of piperidine rings is 1. The first-order valence-electron chi connectivity index (χ1n) is 8.72. The normalized spacial score (nSPS) is 24.5. The van der Waals surface area contributed by atoms with E-state index in [1.54, 1.807) is 6.33 Å². The van der Waals surface area contributed by atoms with Gasteiger partial charge >= 0.3 is 6.36 Å². The van der Waals surface area contributed by atoms with E-state index < -0.39 is 12.1 Å². The molecule has 1 saturated carbocycles. The molecule has 2 aromatic rings. The second-order valence-electron chi connectivity index (χ2n) is 7.05. The summed E-state index contributed by atoms with van der Waals surface area (Å²) in [6.07, 6.45) is -1.29. The zero-order chi connectivity index (χ0) is 19.0. The molecule has 1 aliphatic carbocycles. The second kappa shape index (κ2) is 6.88. The first kappa shape index (κ1) is 17.8. The number of ether oxygens (including phenoxy) is 1. The van der Waals surface area contributed by atoms with Crippen molar-refractivity contribution in [1.29, 1.82) is 0 Å². The summed E-state index contributed by atoms with van der Waals surface area (Å²) in [6.45, 7) is 3.35. The lowest BCUT2D eigenvalue weighted by molar-refractivity contribution is -0.274. The fourth-order valence-corrected chi connectivity index (χ4v) is 3.93. The van der Waals surface area contributed by atoms with Gasteiger partial charge in [0.15, 0.2) is 0 Å². The van der Waals surface area contributed by atoms with Crippen LogP contribution in [0.25, 0.3) is 0 Å². The summed E-state index contributed by atoms with van der Waals surface area (Å²) >= 11 is 0. The third-order valence-electron chi connectivity index (χ3n) is 5.22. The minimum absolute atomic E-state index is 0.156. The van der Waals surface area contributed by atoms with Crippen molar-refractivity contribution >= 4 is 5.91 Å². The molecule has 0 radical (unpaired) electrons. The van der Waals surface area contributed by atoms with Crippen LogP contribution in [0.15, 0.2) is 36.8 Å². The molecule has 2 fully saturated rings. The predicted octanol–water partition coefficient (Wildman–Crippen LogP) is 2.42. The predicted molar refractivity (Wildman–Crippen MR) is 89.8 cm³/mol. The molecule has 1 aliphatic heterocycles. The van der Waals surface area contributed by atoms with Crippen molar-refractivity contribution in [2.45, 2.75) is 12.9 Å². The average Bonchev–Trinajstić information content (AvgIpc) is 2.98. The molecular formula is C18H19F3N4O2. The van der Waals surface area contributed by atoms with Crippen molar-refractivity contribution in [1.82, 2.24) is 20.2 Å². The fraction of sp³-hybridized carbons (Fsp3) is 0.444. The first-order valence-corrected chi connectivity index (χ1v) is 8.72. The monoisotopic (exact) mass is 380 g/mol. The number of hydrogen-bond donors (Lipinski definition) is 2. The number of likely N-dealkylation sites (tertiary alicyclic amines) is 1. The number of benzene rings is 1. The Hall–Kier alpha value is -2.55. The van der Waals surface area contributed by atoms with Gasteiger partial charge in [0.25, 0.3) is 5.91 Å². The lowest BCUT2D eigenvalue weighted by Gasteiger charge is -2.18. The van der Waals surface area contributed by atoms with Crippen LogP contribution in [-0.4, -0.2) is 46.8 Å². The number of rotatable bonds is 6. The molecule has 9 heteroatoms. The van der Waals surface area contributed by atoms with Gasteiger partial charge < -0.3 is 15.0 Å². The molecule has 144 valence electrons. The summed E-state index contributed by atoms with van der Waals surface area (Å²) in [4.78, 5) is 21.7. The van der Waals surface area contributed by atoms with E-state index >= 15 is 0 Å². The number of aromatic nitrogens is 2. The van der Waals surface area contributed by atoms with Crippen LogP contribution in [0.3, 0.4) is 0 Å². The molecule has 1 aromatic carbocycles. The van der Waals surface area contributed by atoms with Crippen molar-refractivity contribution in [2.75, 3.05) is 19.6 Å². The largest absolute Gasteiger partial charge is 0.573 e. The second-order valence-corrected chi connectivity index (χ2v) is 7.05. The van der Waals surface area contributed by atoms with E-state index in [0.717, 1.165) is 31.4 Å². The molecule has 2 atom stereocenters. The number of nitrogens with zero attached hydrogens (tertiary/aromatic N) is 2. The summed E-state index contributed by atoms with van der Waals surface area (Å²) in [5.41, 5.74) is 1.24. The molecule has 1 aromatic heterocycles. The van der Waals surface area contributed by atoms with Gasteiger partial charge in [-0.05, 0) is 36.0 Å². The summed E-state index contributed by atoms with van der Waals surface area (Å²) < 4.78 is 40.7.